The zero-order chi connectivity index (χ0) is 20.6. The highest BCUT2D eigenvalue weighted by Gasteiger charge is 2.26. The Balaban J connectivity index is 2.10. The SMILES string of the molecule is COC(=O)c1ccc(C)c(-n2c(C)cc(C=C3C(=O)NC(=S)NC3=O)c2C)c1. The number of esters is 1. The molecular formula is C20H19N3O4S. The third-order valence-electron chi connectivity index (χ3n) is 4.58. The molecule has 3 rings (SSSR count). The molecule has 1 aromatic heterocycles. The molecular weight excluding hydrogens is 378 g/mol. The van der Waals surface area contributed by atoms with Gasteiger partial charge in [-0.25, -0.2) is 4.79 Å². The maximum Gasteiger partial charge on any atom is 0.337 e. The van der Waals surface area contributed by atoms with Crippen molar-refractivity contribution in [3.05, 3.63) is 57.9 Å². The van der Waals surface area contributed by atoms with E-state index in [0.29, 0.717) is 11.1 Å². The highest BCUT2D eigenvalue weighted by atomic mass is 32.1. The van der Waals surface area contributed by atoms with Crippen LogP contribution in [0.4, 0.5) is 0 Å². The highest BCUT2D eigenvalue weighted by molar-refractivity contribution is 7.80. The fourth-order valence-corrected chi connectivity index (χ4v) is 3.35. The van der Waals surface area contributed by atoms with Gasteiger partial charge in [-0.3, -0.25) is 20.2 Å². The molecule has 0 bridgehead atoms. The number of hydrogen-bond donors (Lipinski definition) is 2. The van der Waals surface area contributed by atoms with Gasteiger partial charge in [0.05, 0.1) is 12.7 Å². The van der Waals surface area contributed by atoms with E-state index in [1.165, 1.54) is 13.2 Å². The number of hydrogen-bond acceptors (Lipinski definition) is 5. The van der Waals surface area contributed by atoms with E-state index in [0.717, 1.165) is 22.6 Å². The predicted molar refractivity (Wildman–Crippen MR) is 108 cm³/mol. The van der Waals surface area contributed by atoms with Gasteiger partial charge in [-0.15, -0.1) is 0 Å². The van der Waals surface area contributed by atoms with Crippen molar-refractivity contribution in [2.24, 2.45) is 0 Å². The molecule has 1 aliphatic rings. The number of rotatable bonds is 3. The average Bonchev–Trinajstić information content (AvgIpc) is 2.91. The van der Waals surface area contributed by atoms with Gasteiger partial charge >= 0.3 is 5.97 Å². The molecule has 0 atom stereocenters. The van der Waals surface area contributed by atoms with Crippen LogP contribution in [0.15, 0.2) is 29.8 Å². The molecule has 0 spiro atoms. The lowest BCUT2D eigenvalue weighted by atomic mass is 10.1. The Labute approximate surface area is 167 Å². The van der Waals surface area contributed by atoms with E-state index < -0.39 is 17.8 Å². The minimum Gasteiger partial charge on any atom is -0.465 e. The first-order valence-corrected chi connectivity index (χ1v) is 8.90. The van der Waals surface area contributed by atoms with Gasteiger partial charge < -0.3 is 9.30 Å². The molecule has 2 amide bonds. The molecule has 2 N–H and O–H groups in total. The van der Waals surface area contributed by atoms with E-state index in [9.17, 15) is 14.4 Å². The van der Waals surface area contributed by atoms with Crippen molar-refractivity contribution in [1.29, 1.82) is 0 Å². The van der Waals surface area contributed by atoms with E-state index in [2.05, 4.69) is 10.6 Å². The molecule has 2 aromatic rings. The van der Waals surface area contributed by atoms with Gasteiger partial charge in [-0.05, 0) is 68.4 Å². The van der Waals surface area contributed by atoms with Crippen LogP contribution in [0.2, 0.25) is 0 Å². The molecule has 1 saturated heterocycles. The second-order valence-electron chi connectivity index (χ2n) is 6.45. The van der Waals surface area contributed by atoms with Gasteiger partial charge in [-0.1, -0.05) is 6.07 Å². The zero-order valence-electron chi connectivity index (χ0n) is 15.9. The molecule has 2 heterocycles. The minimum atomic E-state index is -0.539. The Morgan fingerprint density at radius 1 is 1.11 bits per heavy atom. The van der Waals surface area contributed by atoms with E-state index in [-0.39, 0.29) is 10.7 Å². The fourth-order valence-electron chi connectivity index (χ4n) is 3.16. The Kier molecular flexibility index (Phi) is 5.15. The standard InChI is InChI=1S/C20H19N3O4S/c1-10-5-6-13(19(26)27-4)9-16(10)23-11(2)7-14(12(23)3)8-15-17(24)21-20(28)22-18(15)25/h5-9H,1-4H3,(H2,21,22,24,25,28). The monoisotopic (exact) mass is 397 g/mol. The second kappa shape index (κ2) is 7.40. The van der Waals surface area contributed by atoms with Crippen molar-refractivity contribution in [3.8, 4) is 5.69 Å². The Morgan fingerprint density at radius 2 is 1.75 bits per heavy atom. The number of ether oxygens (including phenoxy) is 1. The first kappa shape index (κ1) is 19.5. The summed E-state index contributed by atoms with van der Waals surface area (Å²) in [5.41, 5.74) is 4.64. The summed E-state index contributed by atoms with van der Waals surface area (Å²) in [6.07, 6.45) is 1.53. The van der Waals surface area contributed by atoms with Gasteiger partial charge in [-0.2, -0.15) is 0 Å². The van der Waals surface area contributed by atoms with E-state index in [4.69, 9.17) is 17.0 Å². The lowest BCUT2D eigenvalue weighted by Gasteiger charge is -2.16. The van der Waals surface area contributed by atoms with Crippen LogP contribution in [0.1, 0.15) is 32.9 Å². The Hall–Kier alpha value is -3.26. The summed E-state index contributed by atoms with van der Waals surface area (Å²) in [7, 11) is 1.34. The van der Waals surface area contributed by atoms with Crippen LogP contribution in [0.25, 0.3) is 11.8 Å². The number of nitrogens with one attached hydrogen (secondary N) is 2. The quantitative estimate of drug-likeness (QED) is 0.358. The normalized spacial score (nSPS) is 13.9. The third-order valence-corrected chi connectivity index (χ3v) is 4.79. The number of thiocarbonyl (C=S) groups is 1. The second-order valence-corrected chi connectivity index (χ2v) is 6.86. The van der Waals surface area contributed by atoms with Crippen molar-refractivity contribution in [2.75, 3.05) is 7.11 Å². The molecule has 1 fully saturated rings. The lowest BCUT2D eigenvalue weighted by molar-refractivity contribution is -0.123. The lowest BCUT2D eigenvalue weighted by Crippen LogP contribution is -2.51. The van der Waals surface area contributed by atoms with Crippen LogP contribution in [0.3, 0.4) is 0 Å². The summed E-state index contributed by atoms with van der Waals surface area (Å²) in [5.74, 6) is -1.50. The first-order chi connectivity index (χ1) is 13.2. The number of aryl methyl sites for hydroxylation is 2. The predicted octanol–water partition coefficient (Wildman–Crippen LogP) is 2.10. The van der Waals surface area contributed by atoms with Crippen molar-refractivity contribution in [1.82, 2.24) is 15.2 Å². The van der Waals surface area contributed by atoms with Crippen LogP contribution in [-0.4, -0.2) is 34.6 Å². The summed E-state index contributed by atoms with van der Waals surface area (Å²) in [6.45, 7) is 5.73. The number of carbonyl (C=O) groups is 3. The van der Waals surface area contributed by atoms with Gasteiger partial charge in [0.25, 0.3) is 11.8 Å². The van der Waals surface area contributed by atoms with Crippen molar-refractivity contribution in [3.63, 3.8) is 0 Å². The van der Waals surface area contributed by atoms with Crippen molar-refractivity contribution >= 4 is 41.2 Å². The van der Waals surface area contributed by atoms with Crippen LogP contribution in [-0.2, 0) is 14.3 Å². The molecule has 8 heteroatoms. The number of benzene rings is 1. The highest BCUT2D eigenvalue weighted by Crippen LogP contribution is 2.26. The maximum absolute atomic E-state index is 12.1. The summed E-state index contributed by atoms with van der Waals surface area (Å²) in [6, 6.07) is 7.19. The van der Waals surface area contributed by atoms with E-state index in [1.54, 1.807) is 12.1 Å². The van der Waals surface area contributed by atoms with E-state index >= 15 is 0 Å². The average molecular weight is 397 g/mol. The summed E-state index contributed by atoms with van der Waals surface area (Å²) in [5, 5.41) is 4.84. The van der Waals surface area contributed by atoms with Crippen LogP contribution in [0.5, 0.6) is 0 Å². The van der Waals surface area contributed by atoms with Gasteiger partial charge in [0.1, 0.15) is 5.57 Å². The molecule has 7 nitrogen and oxygen atoms in total. The van der Waals surface area contributed by atoms with Crippen LogP contribution in [0, 0.1) is 20.8 Å². The summed E-state index contributed by atoms with van der Waals surface area (Å²) < 4.78 is 6.78. The zero-order valence-corrected chi connectivity index (χ0v) is 16.7. The number of carbonyl (C=O) groups excluding carboxylic acids is 3. The molecule has 0 aliphatic carbocycles. The molecule has 0 saturated carbocycles. The van der Waals surface area contributed by atoms with Crippen LogP contribution >= 0.6 is 12.2 Å². The first-order valence-electron chi connectivity index (χ1n) is 8.49. The number of methoxy groups -OCH3 is 1. The third kappa shape index (κ3) is 3.46. The largest absolute Gasteiger partial charge is 0.465 e. The summed E-state index contributed by atoms with van der Waals surface area (Å²) >= 11 is 4.82. The smallest absolute Gasteiger partial charge is 0.337 e. The number of nitrogens with zero attached hydrogens (tertiary/aromatic N) is 1. The van der Waals surface area contributed by atoms with Gasteiger partial charge in [0, 0.05) is 17.1 Å². The summed E-state index contributed by atoms with van der Waals surface area (Å²) in [4.78, 5) is 36.1. The Bertz CT molecular complexity index is 1040. The Morgan fingerprint density at radius 3 is 2.36 bits per heavy atom. The number of aromatic nitrogens is 1. The topological polar surface area (TPSA) is 89.4 Å². The maximum atomic E-state index is 12.1. The molecule has 28 heavy (non-hydrogen) atoms. The van der Waals surface area contributed by atoms with Crippen molar-refractivity contribution in [2.45, 2.75) is 20.8 Å². The molecule has 0 unspecified atom stereocenters. The molecule has 1 aromatic carbocycles. The fraction of sp³-hybridized carbons (Fsp3) is 0.200. The molecule has 1 aliphatic heterocycles. The van der Waals surface area contributed by atoms with Crippen molar-refractivity contribution < 1.29 is 19.1 Å². The van der Waals surface area contributed by atoms with Gasteiger partial charge in [0.15, 0.2) is 5.11 Å². The van der Waals surface area contributed by atoms with Crippen LogP contribution < -0.4 is 10.6 Å². The number of amides is 2. The minimum absolute atomic E-state index is 0.00660. The molecule has 144 valence electrons. The van der Waals surface area contributed by atoms with E-state index in [1.807, 2.05) is 37.5 Å². The molecule has 0 radical (unpaired) electrons. The van der Waals surface area contributed by atoms with Gasteiger partial charge in [0.2, 0.25) is 0 Å².